The van der Waals surface area contributed by atoms with Gasteiger partial charge in [-0.2, -0.15) is 0 Å². The van der Waals surface area contributed by atoms with Crippen molar-refractivity contribution in [2.75, 3.05) is 20.3 Å². The first-order valence-electron chi connectivity index (χ1n) is 7.09. The largest absolute Gasteiger partial charge is 0.438 e. The number of hydrogen-bond acceptors (Lipinski definition) is 4. The molecule has 0 unspecified atom stereocenters. The molecule has 2 aromatic rings. The molecule has 0 saturated heterocycles. The van der Waals surface area contributed by atoms with Gasteiger partial charge in [0.15, 0.2) is 0 Å². The summed E-state index contributed by atoms with van der Waals surface area (Å²) in [5.41, 5.74) is 3.27. The van der Waals surface area contributed by atoms with Gasteiger partial charge in [0.2, 0.25) is 5.88 Å². The van der Waals surface area contributed by atoms with Crippen LogP contribution in [0.2, 0.25) is 0 Å². The quantitative estimate of drug-likeness (QED) is 0.794. The van der Waals surface area contributed by atoms with Gasteiger partial charge in [-0.25, -0.2) is 4.98 Å². The number of benzene rings is 1. The van der Waals surface area contributed by atoms with E-state index < -0.39 is 0 Å². The van der Waals surface area contributed by atoms with Gasteiger partial charge in [0, 0.05) is 32.0 Å². The predicted molar refractivity (Wildman–Crippen MR) is 83.8 cm³/mol. The molecule has 112 valence electrons. The third-order valence-electron chi connectivity index (χ3n) is 3.20. The zero-order valence-electron chi connectivity index (χ0n) is 12.8. The molecule has 0 aliphatic heterocycles. The lowest BCUT2D eigenvalue weighted by atomic mass is 10.2. The Morgan fingerprint density at radius 2 is 1.95 bits per heavy atom. The number of para-hydroxylation sites is 1. The first-order valence-corrected chi connectivity index (χ1v) is 7.09. The molecule has 0 atom stereocenters. The minimum absolute atomic E-state index is 0.657. The summed E-state index contributed by atoms with van der Waals surface area (Å²) in [7, 11) is 1.70. The van der Waals surface area contributed by atoms with Gasteiger partial charge in [-0.3, -0.25) is 0 Å². The molecular weight excluding hydrogens is 264 g/mol. The number of methoxy groups -OCH3 is 1. The van der Waals surface area contributed by atoms with Crippen LogP contribution in [-0.2, 0) is 11.3 Å². The van der Waals surface area contributed by atoms with E-state index in [9.17, 15) is 0 Å². The van der Waals surface area contributed by atoms with Crippen molar-refractivity contribution in [2.45, 2.75) is 20.4 Å². The highest BCUT2D eigenvalue weighted by Crippen LogP contribution is 2.25. The molecule has 4 nitrogen and oxygen atoms in total. The van der Waals surface area contributed by atoms with E-state index in [1.54, 1.807) is 7.11 Å². The van der Waals surface area contributed by atoms with E-state index in [-0.39, 0.29) is 0 Å². The van der Waals surface area contributed by atoms with Crippen LogP contribution in [0, 0.1) is 13.8 Å². The molecule has 2 rings (SSSR count). The number of aromatic nitrogens is 1. The molecule has 1 aromatic carbocycles. The summed E-state index contributed by atoms with van der Waals surface area (Å²) < 4.78 is 10.9. The smallest absolute Gasteiger partial charge is 0.222 e. The third-order valence-corrected chi connectivity index (χ3v) is 3.20. The monoisotopic (exact) mass is 286 g/mol. The number of rotatable bonds is 7. The van der Waals surface area contributed by atoms with E-state index in [4.69, 9.17) is 9.47 Å². The van der Waals surface area contributed by atoms with E-state index in [1.165, 1.54) is 0 Å². The summed E-state index contributed by atoms with van der Waals surface area (Å²) in [6, 6.07) is 10.0. The Balaban J connectivity index is 2.01. The zero-order valence-corrected chi connectivity index (χ0v) is 12.8. The van der Waals surface area contributed by atoms with Crippen molar-refractivity contribution in [2.24, 2.45) is 0 Å². The predicted octanol–water partition coefficient (Wildman–Crippen LogP) is 3.23. The lowest BCUT2D eigenvalue weighted by Crippen LogP contribution is -2.18. The summed E-state index contributed by atoms with van der Waals surface area (Å²) in [6.07, 6.45) is 1.85. The maximum absolute atomic E-state index is 5.89. The molecular formula is C17H22N2O2. The van der Waals surface area contributed by atoms with E-state index in [0.29, 0.717) is 12.5 Å². The lowest BCUT2D eigenvalue weighted by Gasteiger charge is -2.11. The molecule has 0 bridgehead atoms. The van der Waals surface area contributed by atoms with Crippen LogP contribution in [0.1, 0.15) is 16.7 Å². The van der Waals surface area contributed by atoms with Crippen molar-refractivity contribution < 1.29 is 9.47 Å². The average Bonchev–Trinajstić information content (AvgIpc) is 2.48. The van der Waals surface area contributed by atoms with Crippen LogP contribution >= 0.6 is 0 Å². The molecule has 0 spiro atoms. The van der Waals surface area contributed by atoms with Crippen molar-refractivity contribution in [1.29, 1.82) is 0 Å². The van der Waals surface area contributed by atoms with Gasteiger partial charge in [0.25, 0.3) is 0 Å². The maximum atomic E-state index is 5.89. The molecule has 21 heavy (non-hydrogen) atoms. The summed E-state index contributed by atoms with van der Waals surface area (Å²) in [4.78, 5) is 4.42. The molecule has 1 heterocycles. The fourth-order valence-electron chi connectivity index (χ4n) is 2.01. The third kappa shape index (κ3) is 4.55. The Kier molecular flexibility index (Phi) is 5.72. The standard InChI is InChI=1S/C17H22N2O2/c1-13-6-4-5-7-16(13)21-17-14(2)10-15(12-19-17)11-18-8-9-20-3/h4-7,10,12,18H,8-9,11H2,1-3H3. The van der Waals surface area contributed by atoms with E-state index in [0.717, 1.165) is 35.5 Å². The molecule has 0 fully saturated rings. The van der Waals surface area contributed by atoms with Crippen molar-refractivity contribution >= 4 is 0 Å². The molecule has 4 heteroatoms. The van der Waals surface area contributed by atoms with Crippen molar-refractivity contribution in [1.82, 2.24) is 10.3 Å². The fraction of sp³-hybridized carbons (Fsp3) is 0.353. The van der Waals surface area contributed by atoms with Gasteiger partial charge in [0.1, 0.15) is 5.75 Å². The normalized spacial score (nSPS) is 10.6. The van der Waals surface area contributed by atoms with Crippen LogP contribution in [0.3, 0.4) is 0 Å². The molecule has 1 N–H and O–H groups in total. The van der Waals surface area contributed by atoms with Gasteiger partial charge in [-0.05, 0) is 37.1 Å². The summed E-state index contributed by atoms with van der Waals surface area (Å²) >= 11 is 0. The zero-order chi connectivity index (χ0) is 15.1. The number of ether oxygens (including phenoxy) is 2. The van der Waals surface area contributed by atoms with Crippen molar-refractivity contribution in [3.63, 3.8) is 0 Å². The first kappa shape index (κ1) is 15.5. The first-order chi connectivity index (χ1) is 10.2. The van der Waals surface area contributed by atoms with E-state index in [1.807, 2.05) is 44.3 Å². The Morgan fingerprint density at radius 1 is 1.14 bits per heavy atom. The van der Waals surface area contributed by atoms with Gasteiger partial charge in [-0.1, -0.05) is 18.2 Å². The fourth-order valence-corrected chi connectivity index (χ4v) is 2.01. The molecule has 0 aliphatic rings. The molecule has 1 aromatic heterocycles. The van der Waals surface area contributed by atoms with E-state index >= 15 is 0 Å². The van der Waals surface area contributed by atoms with Crippen LogP contribution in [0.15, 0.2) is 36.5 Å². The highest BCUT2D eigenvalue weighted by Gasteiger charge is 2.06. The number of pyridine rings is 1. The van der Waals surface area contributed by atoms with Gasteiger partial charge >= 0.3 is 0 Å². The van der Waals surface area contributed by atoms with Crippen LogP contribution < -0.4 is 10.1 Å². The highest BCUT2D eigenvalue weighted by atomic mass is 16.5. The van der Waals surface area contributed by atoms with Crippen molar-refractivity contribution in [3.8, 4) is 11.6 Å². The molecule has 0 aliphatic carbocycles. The number of nitrogens with one attached hydrogen (secondary N) is 1. The van der Waals surface area contributed by atoms with E-state index in [2.05, 4.69) is 16.4 Å². The number of hydrogen-bond donors (Lipinski definition) is 1. The topological polar surface area (TPSA) is 43.4 Å². The van der Waals surface area contributed by atoms with Crippen LogP contribution in [0.4, 0.5) is 0 Å². The Labute approximate surface area is 126 Å². The van der Waals surface area contributed by atoms with Gasteiger partial charge in [0.05, 0.1) is 6.61 Å². The second-order valence-electron chi connectivity index (χ2n) is 5.00. The second kappa shape index (κ2) is 7.76. The lowest BCUT2D eigenvalue weighted by molar-refractivity contribution is 0.199. The Hall–Kier alpha value is -1.91. The minimum atomic E-state index is 0.657. The maximum Gasteiger partial charge on any atom is 0.222 e. The second-order valence-corrected chi connectivity index (χ2v) is 5.00. The van der Waals surface area contributed by atoms with Crippen LogP contribution in [0.25, 0.3) is 0 Å². The summed E-state index contributed by atoms with van der Waals surface area (Å²) in [6.45, 7) is 6.36. The SMILES string of the molecule is COCCNCc1cnc(Oc2ccccc2C)c(C)c1. The Bertz CT molecular complexity index is 585. The average molecular weight is 286 g/mol. The van der Waals surface area contributed by atoms with Crippen molar-refractivity contribution in [3.05, 3.63) is 53.2 Å². The minimum Gasteiger partial charge on any atom is -0.438 e. The number of aryl methyl sites for hydroxylation is 2. The molecule has 0 radical (unpaired) electrons. The van der Waals surface area contributed by atoms with Crippen LogP contribution in [-0.4, -0.2) is 25.2 Å². The highest BCUT2D eigenvalue weighted by molar-refractivity contribution is 5.37. The summed E-state index contributed by atoms with van der Waals surface area (Å²) in [5, 5.41) is 3.30. The number of nitrogens with zero attached hydrogens (tertiary/aromatic N) is 1. The summed E-state index contributed by atoms with van der Waals surface area (Å²) in [5.74, 6) is 1.50. The molecule has 0 saturated carbocycles. The van der Waals surface area contributed by atoms with Gasteiger partial charge < -0.3 is 14.8 Å². The molecule has 0 amide bonds. The van der Waals surface area contributed by atoms with Crippen LogP contribution in [0.5, 0.6) is 11.6 Å². The van der Waals surface area contributed by atoms with Gasteiger partial charge in [-0.15, -0.1) is 0 Å². The Morgan fingerprint density at radius 3 is 2.67 bits per heavy atom.